The van der Waals surface area contributed by atoms with Crippen LogP contribution in [-0.2, 0) is 4.79 Å². The second-order valence-corrected chi connectivity index (χ2v) is 7.94. The van der Waals surface area contributed by atoms with Crippen LogP contribution in [0.4, 0.5) is 5.95 Å². The Labute approximate surface area is 189 Å². The van der Waals surface area contributed by atoms with Crippen molar-refractivity contribution in [2.45, 2.75) is 24.8 Å². The zero-order valence-corrected chi connectivity index (χ0v) is 18.4. The van der Waals surface area contributed by atoms with E-state index >= 15 is 0 Å². The lowest BCUT2D eigenvalue weighted by molar-refractivity contribution is -0.116. The highest BCUT2D eigenvalue weighted by Gasteiger charge is 2.40. The SMILES string of the molecule is COc1ccc([C@@H]2CC(=O)C3=C(C2)Nc2nnnn2[C@@H]3c2cc(OC)c(O)c(OC)c2)cc1. The Morgan fingerprint density at radius 1 is 1.00 bits per heavy atom. The minimum atomic E-state index is -0.584. The number of phenols is 1. The molecular weight excluding hydrogens is 426 g/mol. The molecule has 33 heavy (non-hydrogen) atoms. The van der Waals surface area contributed by atoms with Crippen molar-refractivity contribution in [1.82, 2.24) is 20.2 Å². The van der Waals surface area contributed by atoms with Gasteiger partial charge in [0, 0.05) is 17.7 Å². The molecule has 0 fully saturated rings. The largest absolute Gasteiger partial charge is 0.502 e. The van der Waals surface area contributed by atoms with E-state index in [0.29, 0.717) is 29.9 Å². The number of nitrogens with one attached hydrogen (secondary N) is 1. The number of Topliss-reactive ketones (excluding diaryl/α,β-unsaturated/α-hetero) is 1. The number of phenolic OH excluding ortho intramolecular Hbond substituents is 1. The molecule has 3 aromatic rings. The molecule has 1 aliphatic carbocycles. The van der Waals surface area contributed by atoms with Gasteiger partial charge in [0.15, 0.2) is 17.3 Å². The van der Waals surface area contributed by atoms with Crippen LogP contribution in [-0.4, -0.2) is 52.4 Å². The maximum Gasteiger partial charge on any atom is 0.248 e. The first-order valence-electron chi connectivity index (χ1n) is 10.4. The molecule has 10 heteroatoms. The number of hydrogen-bond donors (Lipinski definition) is 2. The van der Waals surface area contributed by atoms with E-state index in [0.717, 1.165) is 17.0 Å². The average molecular weight is 449 g/mol. The number of tetrazole rings is 1. The molecule has 2 atom stereocenters. The Morgan fingerprint density at radius 2 is 1.70 bits per heavy atom. The zero-order valence-electron chi connectivity index (χ0n) is 18.4. The van der Waals surface area contributed by atoms with E-state index in [1.807, 2.05) is 24.3 Å². The molecule has 0 radical (unpaired) electrons. The van der Waals surface area contributed by atoms with Gasteiger partial charge in [0.2, 0.25) is 11.7 Å². The molecule has 1 aliphatic heterocycles. The lowest BCUT2D eigenvalue weighted by Crippen LogP contribution is -2.33. The lowest BCUT2D eigenvalue weighted by atomic mass is 9.78. The van der Waals surface area contributed by atoms with Crippen LogP contribution in [0.5, 0.6) is 23.0 Å². The first-order valence-corrected chi connectivity index (χ1v) is 10.4. The Morgan fingerprint density at radius 3 is 2.33 bits per heavy atom. The summed E-state index contributed by atoms with van der Waals surface area (Å²) >= 11 is 0. The van der Waals surface area contributed by atoms with E-state index in [1.54, 1.807) is 23.9 Å². The molecule has 2 heterocycles. The topological polar surface area (TPSA) is 121 Å². The van der Waals surface area contributed by atoms with Crippen LogP contribution in [0.1, 0.15) is 35.9 Å². The van der Waals surface area contributed by atoms with Gasteiger partial charge in [-0.2, -0.15) is 4.68 Å². The number of rotatable bonds is 5. The monoisotopic (exact) mass is 449 g/mol. The fraction of sp³-hybridized carbons (Fsp3) is 0.304. The minimum absolute atomic E-state index is 0.00160. The van der Waals surface area contributed by atoms with Gasteiger partial charge >= 0.3 is 0 Å². The van der Waals surface area contributed by atoms with Gasteiger partial charge in [-0.25, -0.2) is 0 Å². The number of ether oxygens (including phenoxy) is 3. The molecule has 0 saturated carbocycles. The maximum absolute atomic E-state index is 13.5. The number of ketones is 1. The first kappa shape index (κ1) is 20.8. The number of carbonyl (C=O) groups is 1. The fourth-order valence-electron chi connectivity index (χ4n) is 4.56. The van der Waals surface area contributed by atoms with Crippen molar-refractivity contribution in [1.29, 1.82) is 0 Å². The molecule has 0 unspecified atom stereocenters. The number of carbonyl (C=O) groups excluding carboxylic acids is 1. The Balaban J connectivity index is 1.59. The molecule has 10 nitrogen and oxygen atoms in total. The van der Waals surface area contributed by atoms with Crippen molar-refractivity contribution >= 4 is 11.7 Å². The molecular formula is C23H23N5O5. The van der Waals surface area contributed by atoms with Crippen LogP contribution in [0.15, 0.2) is 47.7 Å². The number of hydrogen-bond acceptors (Lipinski definition) is 9. The Hall–Kier alpha value is -4.08. The van der Waals surface area contributed by atoms with Crippen molar-refractivity contribution in [2.24, 2.45) is 0 Å². The van der Waals surface area contributed by atoms with E-state index in [4.69, 9.17) is 14.2 Å². The summed E-state index contributed by atoms with van der Waals surface area (Å²) in [5.41, 5.74) is 3.10. The summed E-state index contributed by atoms with van der Waals surface area (Å²) in [5, 5.41) is 25.6. The van der Waals surface area contributed by atoms with Crippen LogP contribution in [0.3, 0.4) is 0 Å². The number of methoxy groups -OCH3 is 3. The highest BCUT2D eigenvalue weighted by molar-refractivity contribution is 6.00. The van der Waals surface area contributed by atoms with E-state index in [2.05, 4.69) is 20.8 Å². The van der Waals surface area contributed by atoms with E-state index in [-0.39, 0.29) is 28.9 Å². The number of anilines is 1. The van der Waals surface area contributed by atoms with Gasteiger partial charge in [-0.05, 0) is 58.2 Å². The summed E-state index contributed by atoms with van der Waals surface area (Å²) in [6.07, 6.45) is 0.982. The summed E-state index contributed by atoms with van der Waals surface area (Å²) < 4.78 is 17.5. The third kappa shape index (κ3) is 3.43. The smallest absolute Gasteiger partial charge is 0.248 e. The molecule has 0 bridgehead atoms. The second-order valence-electron chi connectivity index (χ2n) is 7.94. The van der Waals surface area contributed by atoms with E-state index < -0.39 is 6.04 Å². The van der Waals surface area contributed by atoms with Crippen LogP contribution < -0.4 is 19.5 Å². The summed E-state index contributed by atoms with van der Waals surface area (Å²) in [7, 11) is 4.54. The summed E-state index contributed by atoms with van der Waals surface area (Å²) in [6, 6.07) is 10.5. The molecule has 5 rings (SSSR count). The zero-order chi connectivity index (χ0) is 23.1. The van der Waals surface area contributed by atoms with E-state index in [1.165, 1.54) is 14.2 Å². The molecule has 0 amide bonds. The maximum atomic E-state index is 13.5. The molecule has 170 valence electrons. The molecule has 0 spiro atoms. The molecule has 2 N–H and O–H groups in total. The highest BCUT2D eigenvalue weighted by Crippen LogP contribution is 2.46. The average Bonchev–Trinajstić information content (AvgIpc) is 3.31. The number of aromatic hydroxyl groups is 1. The summed E-state index contributed by atoms with van der Waals surface area (Å²) in [5.74, 6) is 1.58. The predicted molar refractivity (Wildman–Crippen MR) is 118 cm³/mol. The van der Waals surface area contributed by atoms with Crippen LogP contribution in [0, 0.1) is 0 Å². The number of nitrogens with zero attached hydrogens (tertiary/aromatic N) is 4. The van der Waals surface area contributed by atoms with Crippen molar-refractivity contribution in [3.63, 3.8) is 0 Å². The van der Waals surface area contributed by atoms with Gasteiger partial charge in [0.05, 0.1) is 21.3 Å². The highest BCUT2D eigenvalue weighted by atomic mass is 16.5. The van der Waals surface area contributed by atoms with Gasteiger partial charge in [0.25, 0.3) is 0 Å². The quantitative estimate of drug-likeness (QED) is 0.606. The van der Waals surface area contributed by atoms with Gasteiger partial charge in [-0.1, -0.05) is 17.2 Å². The van der Waals surface area contributed by atoms with E-state index in [9.17, 15) is 9.90 Å². The van der Waals surface area contributed by atoms with Gasteiger partial charge in [-0.3, -0.25) is 4.79 Å². The second kappa shape index (κ2) is 8.12. The van der Waals surface area contributed by atoms with Crippen molar-refractivity contribution in [3.8, 4) is 23.0 Å². The number of benzene rings is 2. The minimum Gasteiger partial charge on any atom is -0.502 e. The molecule has 2 aliphatic rings. The summed E-state index contributed by atoms with van der Waals surface area (Å²) in [4.78, 5) is 13.5. The number of aromatic nitrogens is 4. The molecule has 1 aromatic heterocycles. The van der Waals surface area contributed by atoms with Gasteiger partial charge < -0.3 is 24.6 Å². The van der Waals surface area contributed by atoms with Crippen LogP contribution in [0.25, 0.3) is 0 Å². The Kier molecular flexibility index (Phi) is 5.12. The van der Waals surface area contributed by atoms with Crippen molar-refractivity contribution < 1.29 is 24.1 Å². The Bertz CT molecular complexity index is 1230. The molecule has 0 saturated heterocycles. The summed E-state index contributed by atoms with van der Waals surface area (Å²) in [6.45, 7) is 0. The normalized spacial score (nSPS) is 19.4. The van der Waals surface area contributed by atoms with Gasteiger partial charge in [0.1, 0.15) is 11.8 Å². The van der Waals surface area contributed by atoms with Crippen molar-refractivity contribution in [2.75, 3.05) is 26.6 Å². The predicted octanol–water partition coefficient (Wildman–Crippen LogP) is 2.82. The third-order valence-electron chi connectivity index (χ3n) is 6.19. The number of allylic oxidation sites excluding steroid dienone is 2. The molecule has 2 aromatic carbocycles. The van der Waals surface area contributed by atoms with Crippen molar-refractivity contribution in [3.05, 3.63) is 58.8 Å². The number of fused-ring (bicyclic) bond motifs is 1. The van der Waals surface area contributed by atoms with Crippen LogP contribution in [0.2, 0.25) is 0 Å². The fourth-order valence-corrected chi connectivity index (χ4v) is 4.56. The van der Waals surface area contributed by atoms with Gasteiger partial charge in [-0.15, -0.1) is 0 Å². The first-order chi connectivity index (χ1) is 16.0. The van der Waals surface area contributed by atoms with Crippen LogP contribution >= 0.6 is 0 Å². The third-order valence-corrected chi connectivity index (χ3v) is 6.19. The lowest BCUT2D eigenvalue weighted by Gasteiger charge is -2.34. The standard InChI is InChI=1S/C23H23N5O5/c1-31-15-6-4-12(5-7-15)13-8-16-20(17(29)9-13)21(28-23(24-16)25-26-27-28)14-10-18(32-2)22(30)19(11-14)33-3/h4-7,10-11,13,21,30H,8-9H2,1-3H3,(H,24,25,27)/t13-,21+/m0/s1.